The van der Waals surface area contributed by atoms with Gasteiger partial charge in [-0.25, -0.2) is 12.8 Å². The predicted octanol–water partition coefficient (Wildman–Crippen LogP) is 3.63. The lowest BCUT2D eigenvalue weighted by Crippen LogP contribution is -2.53. The van der Waals surface area contributed by atoms with Crippen LogP contribution in [0.25, 0.3) is 10.9 Å². The van der Waals surface area contributed by atoms with E-state index in [0.29, 0.717) is 31.8 Å². The van der Waals surface area contributed by atoms with Gasteiger partial charge in [-0.1, -0.05) is 18.2 Å². The van der Waals surface area contributed by atoms with Gasteiger partial charge in [-0.2, -0.15) is 15.1 Å². The molecule has 1 saturated heterocycles. The molecule has 1 aromatic heterocycles. The highest BCUT2D eigenvalue weighted by Gasteiger charge is 2.47. The maximum absolute atomic E-state index is 13.3. The van der Waals surface area contributed by atoms with Gasteiger partial charge < -0.3 is 4.98 Å². The molecule has 0 radical (unpaired) electrons. The molecule has 0 saturated carbocycles. The second kappa shape index (κ2) is 8.06. The van der Waals surface area contributed by atoms with E-state index in [1.165, 1.54) is 28.6 Å². The molecule has 1 fully saturated rings. The van der Waals surface area contributed by atoms with E-state index in [1.54, 1.807) is 18.6 Å². The molecule has 4 heterocycles. The van der Waals surface area contributed by atoms with E-state index >= 15 is 0 Å². The van der Waals surface area contributed by atoms with Gasteiger partial charge in [0.25, 0.3) is 5.84 Å². The predicted molar refractivity (Wildman–Crippen MR) is 132 cm³/mol. The lowest BCUT2D eigenvalue weighted by molar-refractivity contribution is -0.750. The third kappa shape index (κ3) is 3.57. The Morgan fingerprint density at radius 1 is 1.09 bits per heavy atom. The molecule has 3 aromatic rings. The number of nitrogens with zero attached hydrogens (tertiary/aromatic N) is 4. The molecular formula is C25H24FN6O2S+. The zero-order valence-electron chi connectivity index (χ0n) is 18.8. The molecule has 3 aliphatic rings. The summed E-state index contributed by atoms with van der Waals surface area (Å²) in [5.41, 5.74) is 3.47. The quantitative estimate of drug-likeness (QED) is 0.430. The Hall–Kier alpha value is -3.44. The Labute approximate surface area is 202 Å². The topological polar surface area (TPSA) is 104 Å². The smallest absolute Gasteiger partial charge is 0.281 e. The number of para-hydroxylation sites is 1. The number of quaternary nitrogens is 1. The average molecular weight is 492 g/mol. The number of rotatable bonds is 4. The number of nitrogens with one attached hydrogen (secondary N) is 1. The number of halogens is 1. The minimum absolute atomic E-state index is 0.0329. The van der Waals surface area contributed by atoms with Crippen molar-refractivity contribution in [3.05, 3.63) is 89.9 Å². The number of hydrogen-bond donors (Lipinski definition) is 2. The molecule has 178 valence electrons. The van der Waals surface area contributed by atoms with Crippen LogP contribution in [-0.2, 0) is 10.0 Å². The van der Waals surface area contributed by atoms with E-state index in [2.05, 4.69) is 9.98 Å². The number of hydrogen-bond acceptors (Lipinski definition) is 5. The van der Waals surface area contributed by atoms with E-state index in [9.17, 15) is 12.8 Å². The molecule has 0 spiro atoms. The molecule has 8 nitrogen and oxygen atoms in total. The van der Waals surface area contributed by atoms with Crippen molar-refractivity contribution < 1.29 is 17.4 Å². The highest BCUT2D eigenvalue weighted by Crippen LogP contribution is 2.39. The van der Waals surface area contributed by atoms with Crippen LogP contribution in [0.1, 0.15) is 18.5 Å². The highest BCUT2D eigenvalue weighted by molar-refractivity contribution is 7.89. The maximum Gasteiger partial charge on any atom is 0.281 e. The molecule has 0 aliphatic carbocycles. The lowest BCUT2D eigenvalue weighted by Gasteiger charge is -2.31. The standard InChI is InChI=1S/C25H24FN6O2S/c26-19-5-7-20(8-6-19)35(33,34)31-12-9-17(10-13-31)24-23-16-28-11-14-32(23,27)25(30-24)22-15-18-3-1-2-4-21(18)29-22/h1-8,11,14-17,29H,9-10,12-13,27H2/q+1. The number of aliphatic imine (C=N–C) groups is 2. The fraction of sp³-hybridized carbons (Fsp3) is 0.200. The summed E-state index contributed by atoms with van der Waals surface area (Å²) in [5.74, 6) is 7.10. The van der Waals surface area contributed by atoms with E-state index in [0.717, 1.165) is 28.0 Å². The molecule has 6 rings (SSSR count). The van der Waals surface area contributed by atoms with Crippen LogP contribution in [0, 0.1) is 11.7 Å². The Balaban J connectivity index is 1.29. The zero-order valence-corrected chi connectivity index (χ0v) is 19.6. The van der Waals surface area contributed by atoms with Gasteiger partial charge >= 0.3 is 0 Å². The molecular weight excluding hydrogens is 467 g/mol. The van der Waals surface area contributed by atoms with Crippen LogP contribution in [0.5, 0.6) is 0 Å². The first kappa shape index (κ1) is 22.1. The van der Waals surface area contributed by atoms with E-state index in [4.69, 9.17) is 10.8 Å². The Kier molecular flexibility index (Phi) is 5.08. The average Bonchev–Trinajstić information content (AvgIpc) is 3.42. The molecule has 10 heteroatoms. The van der Waals surface area contributed by atoms with E-state index in [-0.39, 0.29) is 15.4 Å². The van der Waals surface area contributed by atoms with E-state index < -0.39 is 15.8 Å². The molecule has 0 bridgehead atoms. The van der Waals surface area contributed by atoms with Crippen LogP contribution in [0.15, 0.2) is 93.3 Å². The van der Waals surface area contributed by atoms with Crippen LogP contribution in [-0.4, -0.2) is 47.4 Å². The molecule has 2 aromatic carbocycles. The summed E-state index contributed by atoms with van der Waals surface area (Å²) in [5, 5.41) is 1.07. The fourth-order valence-electron chi connectivity index (χ4n) is 5.01. The summed E-state index contributed by atoms with van der Waals surface area (Å²) in [6.45, 7) is 0.686. The zero-order chi connectivity index (χ0) is 24.2. The molecule has 3 aliphatic heterocycles. The number of nitrogens with two attached hydrogens (primary N) is 1. The number of piperidine rings is 1. The van der Waals surface area contributed by atoms with Crippen molar-refractivity contribution in [2.75, 3.05) is 13.1 Å². The van der Waals surface area contributed by atoms with E-state index in [1.807, 2.05) is 30.3 Å². The second-order valence-corrected chi connectivity index (χ2v) is 10.9. The van der Waals surface area contributed by atoms with Crippen molar-refractivity contribution in [1.29, 1.82) is 0 Å². The molecule has 1 unspecified atom stereocenters. The number of sulfonamides is 1. The first-order chi connectivity index (χ1) is 16.9. The van der Waals surface area contributed by atoms with Gasteiger partial charge in [0.05, 0.1) is 17.3 Å². The third-order valence-electron chi connectivity index (χ3n) is 6.89. The van der Waals surface area contributed by atoms with Gasteiger partial charge in [-0.05, 0) is 49.2 Å². The molecule has 35 heavy (non-hydrogen) atoms. The number of fused-ring (bicyclic) bond motifs is 2. The summed E-state index contributed by atoms with van der Waals surface area (Å²) >= 11 is 0. The maximum atomic E-state index is 13.3. The fourth-order valence-corrected chi connectivity index (χ4v) is 6.48. The lowest BCUT2D eigenvalue weighted by atomic mass is 9.93. The minimum Gasteiger partial charge on any atom is -0.349 e. The Bertz CT molecular complexity index is 1510. The van der Waals surface area contributed by atoms with Crippen LogP contribution in [0.4, 0.5) is 4.39 Å². The van der Waals surface area contributed by atoms with Crippen LogP contribution >= 0.6 is 0 Å². The summed E-state index contributed by atoms with van der Waals surface area (Å²) in [6, 6.07) is 15.0. The van der Waals surface area contributed by atoms with Crippen molar-refractivity contribution in [3.8, 4) is 0 Å². The number of benzene rings is 2. The van der Waals surface area contributed by atoms with Gasteiger partial charge in [0.15, 0.2) is 0 Å². The normalized spacial score (nSPS) is 23.2. The van der Waals surface area contributed by atoms with Gasteiger partial charge in [0.2, 0.25) is 15.7 Å². The summed E-state index contributed by atoms with van der Waals surface area (Å²) in [7, 11) is -3.69. The minimum atomic E-state index is -3.69. The number of amidine groups is 1. The van der Waals surface area contributed by atoms with Crippen molar-refractivity contribution in [1.82, 2.24) is 9.29 Å². The first-order valence-electron chi connectivity index (χ1n) is 11.4. The number of allylic oxidation sites excluding steroid dienone is 2. The van der Waals surface area contributed by atoms with Crippen molar-refractivity contribution in [2.24, 2.45) is 21.7 Å². The van der Waals surface area contributed by atoms with Gasteiger partial charge in [-0.15, -0.1) is 4.59 Å². The van der Waals surface area contributed by atoms with Crippen molar-refractivity contribution in [3.63, 3.8) is 0 Å². The summed E-state index contributed by atoms with van der Waals surface area (Å²) < 4.78 is 40.7. The van der Waals surface area contributed by atoms with Crippen LogP contribution in [0.2, 0.25) is 0 Å². The van der Waals surface area contributed by atoms with Crippen LogP contribution in [0.3, 0.4) is 0 Å². The van der Waals surface area contributed by atoms with Gasteiger partial charge in [-0.3, -0.25) is 4.99 Å². The Morgan fingerprint density at radius 2 is 1.83 bits per heavy atom. The number of aromatic nitrogens is 1. The molecule has 1 atom stereocenters. The molecule has 0 amide bonds. The number of H-pyrrole nitrogens is 1. The second-order valence-electron chi connectivity index (χ2n) is 8.96. The molecule has 3 N–H and O–H groups in total. The largest absolute Gasteiger partial charge is 0.349 e. The van der Waals surface area contributed by atoms with Crippen LogP contribution < -0.4 is 5.84 Å². The van der Waals surface area contributed by atoms with Gasteiger partial charge in [0.1, 0.15) is 23.4 Å². The third-order valence-corrected chi connectivity index (χ3v) is 8.80. The highest BCUT2D eigenvalue weighted by atomic mass is 32.2. The Morgan fingerprint density at radius 3 is 2.57 bits per heavy atom. The number of aromatic amines is 1. The monoisotopic (exact) mass is 491 g/mol. The SMILES string of the molecule is N[N+]12C=CN=CC1=C(C1CCN(S(=O)(=O)c3ccc(F)cc3)CC1)N=C2c1cc2ccccc2[nH]1. The van der Waals surface area contributed by atoms with Gasteiger partial charge in [0, 0.05) is 29.9 Å². The summed E-state index contributed by atoms with van der Waals surface area (Å²) in [6.07, 6.45) is 6.42. The first-order valence-corrected chi connectivity index (χ1v) is 12.9. The summed E-state index contributed by atoms with van der Waals surface area (Å²) in [4.78, 5) is 12.8. The van der Waals surface area contributed by atoms with Crippen molar-refractivity contribution >= 4 is 33.0 Å². The van der Waals surface area contributed by atoms with Crippen molar-refractivity contribution in [2.45, 2.75) is 17.7 Å².